The largest absolute Gasteiger partial charge is 0.481 e. The van der Waals surface area contributed by atoms with Gasteiger partial charge in [0.25, 0.3) is 0 Å². The Morgan fingerprint density at radius 2 is 1.68 bits per heavy atom. The maximum Gasteiger partial charge on any atom is 0.303 e. The highest BCUT2D eigenvalue weighted by Crippen LogP contribution is 2.17. The SMILES string of the molecule is O=C(O)CCCCN1CCN(S(=O)(=O)c2ccccc2)CC1. The van der Waals surface area contributed by atoms with Crippen molar-refractivity contribution in [3.8, 4) is 0 Å². The van der Waals surface area contributed by atoms with Crippen molar-refractivity contribution in [3.05, 3.63) is 30.3 Å². The van der Waals surface area contributed by atoms with Crippen LogP contribution in [0.3, 0.4) is 0 Å². The van der Waals surface area contributed by atoms with E-state index in [1.54, 1.807) is 30.3 Å². The van der Waals surface area contributed by atoms with Crippen LogP contribution in [0.1, 0.15) is 19.3 Å². The summed E-state index contributed by atoms with van der Waals surface area (Å²) in [7, 11) is -3.39. The molecule has 0 aromatic heterocycles. The van der Waals surface area contributed by atoms with Gasteiger partial charge in [0.15, 0.2) is 0 Å². The number of carboxylic acids is 1. The molecule has 1 saturated heterocycles. The van der Waals surface area contributed by atoms with E-state index in [9.17, 15) is 13.2 Å². The lowest BCUT2D eigenvalue weighted by Crippen LogP contribution is -2.48. The van der Waals surface area contributed by atoms with Gasteiger partial charge in [-0.1, -0.05) is 18.2 Å². The molecule has 0 radical (unpaired) electrons. The number of unbranched alkanes of at least 4 members (excludes halogenated alkanes) is 1. The van der Waals surface area contributed by atoms with E-state index in [2.05, 4.69) is 4.90 Å². The molecule has 22 heavy (non-hydrogen) atoms. The van der Waals surface area contributed by atoms with E-state index in [0.717, 1.165) is 13.0 Å². The van der Waals surface area contributed by atoms with Crippen LogP contribution in [0.25, 0.3) is 0 Å². The van der Waals surface area contributed by atoms with Gasteiger partial charge in [0.1, 0.15) is 0 Å². The van der Waals surface area contributed by atoms with E-state index in [1.807, 2.05) is 0 Å². The number of hydrogen-bond donors (Lipinski definition) is 1. The Kier molecular flexibility index (Phi) is 5.93. The quantitative estimate of drug-likeness (QED) is 0.763. The summed E-state index contributed by atoms with van der Waals surface area (Å²) < 4.78 is 26.5. The number of sulfonamides is 1. The Bertz CT molecular complexity index is 581. The lowest BCUT2D eigenvalue weighted by atomic mass is 10.2. The van der Waals surface area contributed by atoms with Crippen molar-refractivity contribution in [2.75, 3.05) is 32.7 Å². The Balaban J connectivity index is 1.81. The predicted molar refractivity (Wildman–Crippen MR) is 83.1 cm³/mol. The summed E-state index contributed by atoms with van der Waals surface area (Å²) in [6, 6.07) is 8.49. The molecule has 1 N–H and O–H groups in total. The standard InChI is InChI=1S/C15H22N2O4S/c18-15(19)8-4-5-9-16-10-12-17(13-11-16)22(20,21)14-6-2-1-3-7-14/h1-3,6-7H,4-5,8-13H2,(H,18,19). The Morgan fingerprint density at radius 3 is 2.27 bits per heavy atom. The van der Waals surface area contributed by atoms with Crippen molar-refractivity contribution in [2.24, 2.45) is 0 Å². The molecule has 0 bridgehead atoms. The van der Waals surface area contributed by atoms with Crippen LogP contribution in [0.2, 0.25) is 0 Å². The zero-order chi connectivity index (χ0) is 16.0. The minimum absolute atomic E-state index is 0.197. The highest BCUT2D eigenvalue weighted by molar-refractivity contribution is 7.89. The highest BCUT2D eigenvalue weighted by atomic mass is 32.2. The van der Waals surface area contributed by atoms with Gasteiger partial charge in [0, 0.05) is 32.6 Å². The molecule has 1 fully saturated rings. The molecule has 7 heteroatoms. The third-order valence-electron chi connectivity index (χ3n) is 3.83. The molecule has 1 heterocycles. The minimum atomic E-state index is -3.39. The number of nitrogens with zero attached hydrogens (tertiary/aromatic N) is 2. The molecule has 122 valence electrons. The highest BCUT2D eigenvalue weighted by Gasteiger charge is 2.27. The molecular weight excluding hydrogens is 304 g/mol. The zero-order valence-electron chi connectivity index (χ0n) is 12.5. The van der Waals surface area contributed by atoms with Crippen molar-refractivity contribution in [1.29, 1.82) is 0 Å². The number of carboxylic acid groups (broad SMARTS) is 1. The average molecular weight is 326 g/mol. The molecule has 0 amide bonds. The van der Waals surface area contributed by atoms with E-state index >= 15 is 0 Å². The van der Waals surface area contributed by atoms with Crippen LogP contribution in [0.15, 0.2) is 35.2 Å². The van der Waals surface area contributed by atoms with Crippen LogP contribution in [0.5, 0.6) is 0 Å². The number of rotatable bonds is 7. The fourth-order valence-corrected chi connectivity index (χ4v) is 3.99. The molecule has 0 spiro atoms. The van der Waals surface area contributed by atoms with Crippen LogP contribution in [0.4, 0.5) is 0 Å². The fraction of sp³-hybridized carbons (Fsp3) is 0.533. The van der Waals surface area contributed by atoms with E-state index in [1.165, 1.54) is 4.31 Å². The Labute approximate surface area is 131 Å². The van der Waals surface area contributed by atoms with Gasteiger partial charge in [-0.2, -0.15) is 4.31 Å². The molecule has 0 aliphatic carbocycles. The Morgan fingerprint density at radius 1 is 1.05 bits per heavy atom. The number of aliphatic carboxylic acids is 1. The summed E-state index contributed by atoms with van der Waals surface area (Å²) in [5.74, 6) is -0.765. The molecule has 1 aromatic carbocycles. The van der Waals surface area contributed by atoms with Crippen molar-refractivity contribution >= 4 is 16.0 Å². The number of piperazine rings is 1. The first-order valence-corrected chi connectivity index (χ1v) is 8.93. The number of carbonyl (C=O) groups is 1. The first-order chi connectivity index (χ1) is 10.5. The third-order valence-corrected chi connectivity index (χ3v) is 5.74. The van der Waals surface area contributed by atoms with Gasteiger partial charge in [0.05, 0.1) is 4.90 Å². The third kappa shape index (κ3) is 4.53. The van der Waals surface area contributed by atoms with Crippen LogP contribution < -0.4 is 0 Å². The van der Waals surface area contributed by atoms with Gasteiger partial charge < -0.3 is 10.0 Å². The topological polar surface area (TPSA) is 77.9 Å². The smallest absolute Gasteiger partial charge is 0.303 e. The number of hydrogen-bond acceptors (Lipinski definition) is 4. The van der Waals surface area contributed by atoms with Crippen molar-refractivity contribution < 1.29 is 18.3 Å². The van der Waals surface area contributed by atoms with Crippen LogP contribution in [-0.4, -0.2) is 61.4 Å². The summed E-state index contributed by atoms with van der Waals surface area (Å²) in [5.41, 5.74) is 0. The van der Waals surface area contributed by atoms with E-state index in [0.29, 0.717) is 37.5 Å². The summed E-state index contributed by atoms with van der Waals surface area (Å²) in [6.45, 7) is 3.18. The van der Waals surface area contributed by atoms with Gasteiger partial charge >= 0.3 is 5.97 Å². The second-order valence-corrected chi connectivity index (χ2v) is 7.35. The second-order valence-electron chi connectivity index (χ2n) is 5.41. The summed E-state index contributed by atoms with van der Waals surface area (Å²) in [6.07, 6.45) is 1.69. The zero-order valence-corrected chi connectivity index (χ0v) is 13.3. The van der Waals surface area contributed by atoms with Crippen molar-refractivity contribution in [1.82, 2.24) is 9.21 Å². The molecule has 1 aliphatic rings. The maximum absolute atomic E-state index is 12.5. The van der Waals surface area contributed by atoms with Crippen LogP contribution in [0, 0.1) is 0 Å². The van der Waals surface area contributed by atoms with E-state index in [4.69, 9.17) is 5.11 Å². The van der Waals surface area contributed by atoms with E-state index < -0.39 is 16.0 Å². The molecule has 6 nitrogen and oxygen atoms in total. The maximum atomic E-state index is 12.5. The number of benzene rings is 1. The van der Waals surface area contributed by atoms with Gasteiger partial charge in [-0.25, -0.2) is 8.42 Å². The van der Waals surface area contributed by atoms with Crippen molar-refractivity contribution in [3.63, 3.8) is 0 Å². The predicted octanol–water partition coefficient (Wildman–Crippen LogP) is 1.25. The molecular formula is C15H22N2O4S. The average Bonchev–Trinajstić information content (AvgIpc) is 2.53. The van der Waals surface area contributed by atoms with Crippen molar-refractivity contribution in [2.45, 2.75) is 24.2 Å². The molecule has 1 aromatic rings. The lowest BCUT2D eigenvalue weighted by Gasteiger charge is -2.33. The second kappa shape index (κ2) is 7.71. The monoisotopic (exact) mass is 326 g/mol. The first-order valence-electron chi connectivity index (χ1n) is 7.49. The first kappa shape index (κ1) is 16.9. The van der Waals surface area contributed by atoms with Gasteiger partial charge in [-0.15, -0.1) is 0 Å². The molecule has 0 saturated carbocycles. The molecule has 0 atom stereocenters. The molecule has 2 rings (SSSR count). The molecule has 1 aliphatic heterocycles. The lowest BCUT2D eigenvalue weighted by molar-refractivity contribution is -0.137. The van der Waals surface area contributed by atoms with E-state index in [-0.39, 0.29) is 6.42 Å². The summed E-state index contributed by atoms with van der Waals surface area (Å²) in [5, 5.41) is 8.60. The normalized spacial score (nSPS) is 17.5. The molecule has 0 unspecified atom stereocenters. The minimum Gasteiger partial charge on any atom is -0.481 e. The van der Waals surface area contributed by atoms with Crippen LogP contribution >= 0.6 is 0 Å². The summed E-state index contributed by atoms with van der Waals surface area (Å²) in [4.78, 5) is 13.0. The van der Waals surface area contributed by atoms with Crippen LogP contribution in [-0.2, 0) is 14.8 Å². The summed E-state index contributed by atoms with van der Waals surface area (Å²) >= 11 is 0. The van der Waals surface area contributed by atoms with Gasteiger partial charge in [-0.3, -0.25) is 4.79 Å². The fourth-order valence-electron chi connectivity index (χ4n) is 2.55. The Hall–Kier alpha value is -1.44. The van der Waals surface area contributed by atoms with Gasteiger partial charge in [-0.05, 0) is 31.5 Å². The van der Waals surface area contributed by atoms with Gasteiger partial charge in [0.2, 0.25) is 10.0 Å².